The normalized spacial score (nSPS) is 25.8. The zero-order chi connectivity index (χ0) is 22.7. The standard InChI is InChI=1S/C26H42O2Si2/c1-25(2,3)29(7,8)21-17-19-16-20(27)22(18-14-12-11-13-15-18)23(19)24(21)28-30(9,10)26(4,5)6/h11-15,19,21,24H,16-17H2,1-10H3. The van der Waals surface area contributed by atoms with Gasteiger partial charge in [-0.1, -0.05) is 85.0 Å². The van der Waals surface area contributed by atoms with Crippen LogP contribution in [0.4, 0.5) is 0 Å². The Hall–Kier alpha value is -0.976. The largest absolute Gasteiger partial charge is 0.410 e. The monoisotopic (exact) mass is 442 g/mol. The van der Waals surface area contributed by atoms with Gasteiger partial charge < -0.3 is 4.43 Å². The zero-order valence-corrected chi connectivity index (χ0v) is 22.8. The van der Waals surface area contributed by atoms with Crippen molar-refractivity contribution < 1.29 is 9.22 Å². The fraction of sp³-hybridized carbons (Fsp3) is 0.654. The molecule has 0 heterocycles. The highest BCUT2D eigenvalue weighted by molar-refractivity contribution is 6.82. The summed E-state index contributed by atoms with van der Waals surface area (Å²) in [5.74, 6) is 0.681. The molecule has 4 heteroatoms. The van der Waals surface area contributed by atoms with E-state index in [1.165, 1.54) is 5.57 Å². The summed E-state index contributed by atoms with van der Waals surface area (Å²) >= 11 is 0. The smallest absolute Gasteiger partial charge is 0.192 e. The maximum Gasteiger partial charge on any atom is 0.192 e. The maximum atomic E-state index is 13.2. The van der Waals surface area contributed by atoms with E-state index in [0.29, 0.717) is 28.7 Å². The Morgan fingerprint density at radius 2 is 1.47 bits per heavy atom. The van der Waals surface area contributed by atoms with E-state index in [0.717, 1.165) is 17.6 Å². The van der Waals surface area contributed by atoms with Crippen LogP contribution < -0.4 is 0 Å². The molecular weight excluding hydrogens is 400 g/mol. The number of rotatable bonds is 4. The minimum absolute atomic E-state index is 0.0958. The van der Waals surface area contributed by atoms with E-state index in [2.05, 4.69) is 79.9 Å². The third-order valence-corrected chi connectivity index (χ3v) is 19.5. The first-order valence-electron chi connectivity index (χ1n) is 11.6. The van der Waals surface area contributed by atoms with Crippen LogP contribution in [0.3, 0.4) is 0 Å². The molecule has 0 N–H and O–H groups in total. The van der Waals surface area contributed by atoms with E-state index < -0.39 is 16.4 Å². The van der Waals surface area contributed by atoms with Gasteiger partial charge in [0.25, 0.3) is 0 Å². The van der Waals surface area contributed by atoms with E-state index in [4.69, 9.17) is 4.43 Å². The molecule has 2 nitrogen and oxygen atoms in total. The van der Waals surface area contributed by atoms with Crippen LogP contribution in [0.15, 0.2) is 35.9 Å². The van der Waals surface area contributed by atoms with Gasteiger partial charge in [-0.2, -0.15) is 0 Å². The van der Waals surface area contributed by atoms with Crippen LogP contribution in [0.25, 0.3) is 5.57 Å². The lowest BCUT2D eigenvalue weighted by atomic mass is 9.99. The number of hydrogen-bond acceptors (Lipinski definition) is 2. The highest BCUT2D eigenvalue weighted by atomic mass is 28.4. The Kier molecular flexibility index (Phi) is 5.97. The molecule has 3 rings (SSSR count). The molecule has 0 spiro atoms. The van der Waals surface area contributed by atoms with Crippen LogP contribution in [0.2, 0.25) is 41.8 Å². The first kappa shape index (κ1) is 23.7. The number of hydrogen-bond donors (Lipinski definition) is 0. The van der Waals surface area contributed by atoms with Crippen molar-refractivity contribution in [3.8, 4) is 0 Å². The second-order valence-corrected chi connectivity index (χ2v) is 23.1. The molecule has 3 atom stereocenters. The summed E-state index contributed by atoms with van der Waals surface area (Å²) in [6, 6.07) is 10.3. The average Bonchev–Trinajstić information content (AvgIpc) is 3.09. The van der Waals surface area contributed by atoms with Crippen molar-refractivity contribution in [2.45, 2.75) is 102 Å². The SMILES string of the molecule is CC(C)(C)[Si](C)(C)OC1C2=C(c3ccccc3)C(=O)CC2CC1[Si](C)(C)C(C)(C)C. The predicted molar refractivity (Wildman–Crippen MR) is 134 cm³/mol. The molecule has 1 aromatic carbocycles. The molecule has 0 aromatic heterocycles. The molecule has 0 saturated heterocycles. The van der Waals surface area contributed by atoms with E-state index in [-0.39, 0.29) is 11.1 Å². The summed E-state index contributed by atoms with van der Waals surface area (Å²) in [5.41, 5.74) is 3.95. The van der Waals surface area contributed by atoms with Crippen molar-refractivity contribution in [2.75, 3.05) is 0 Å². The van der Waals surface area contributed by atoms with Crippen LogP contribution in [-0.2, 0) is 9.22 Å². The summed E-state index contributed by atoms with van der Waals surface area (Å²) in [5, 5.41) is 0.446. The molecule has 1 saturated carbocycles. The fourth-order valence-corrected chi connectivity index (χ4v) is 9.24. The summed E-state index contributed by atoms with van der Waals surface area (Å²) in [6.07, 6.45) is 1.88. The van der Waals surface area contributed by atoms with Crippen molar-refractivity contribution >= 4 is 27.7 Å². The van der Waals surface area contributed by atoms with E-state index >= 15 is 0 Å². The molecule has 3 unspecified atom stereocenters. The van der Waals surface area contributed by atoms with Crippen molar-refractivity contribution in [3.05, 3.63) is 41.5 Å². The van der Waals surface area contributed by atoms with Crippen LogP contribution >= 0.6 is 0 Å². The molecule has 0 aliphatic heterocycles. The minimum Gasteiger partial charge on any atom is -0.410 e. The van der Waals surface area contributed by atoms with Gasteiger partial charge in [0.2, 0.25) is 0 Å². The number of Topliss-reactive ketones (excluding diaryl/α,β-unsaturated/α-hetero) is 1. The predicted octanol–water partition coefficient (Wildman–Crippen LogP) is 7.70. The number of carbonyl (C=O) groups excluding carboxylic acids is 1. The Balaban J connectivity index is 2.17. The quantitative estimate of drug-likeness (QED) is 0.446. The fourth-order valence-electron chi connectivity index (χ4n) is 4.83. The molecular formula is C26H42O2Si2. The molecule has 2 aliphatic rings. The van der Waals surface area contributed by atoms with Gasteiger partial charge in [0.1, 0.15) is 0 Å². The van der Waals surface area contributed by atoms with Gasteiger partial charge >= 0.3 is 0 Å². The van der Waals surface area contributed by atoms with E-state index in [1.807, 2.05) is 18.2 Å². The molecule has 2 aliphatic carbocycles. The lowest BCUT2D eigenvalue weighted by Gasteiger charge is -2.47. The van der Waals surface area contributed by atoms with Crippen molar-refractivity contribution in [1.29, 1.82) is 0 Å². The Morgan fingerprint density at radius 3 is 1.97 bits per heavy atom. The zero-order valence-electron chi connectivity index (χ0n) is 20.8. The highest BCUT2D eigenvalue weighted by Crippen LogP contribution is 2.60. The van der Waals surface area contributed by atoms with E-state index in [1.54, 1.807) is 0 Å². The van der Waals surface area contributed by atoms with Crippen LogP contribution in [-0.4, -0.2) is 28.3 Å². The summed E-state index contributed by atoms with van der Waals surface area (Å²) in [7, 11) is -3.65. The lowest BCUT2D eigenvalue weighted by Crippen LogP contribution is -2.50. The number of carbonyl (C=O) groups is 1. The van der Waals surface area contributed by atoms with Gasteiger partial charge in [-0.05, 0) is 52.2 Å². The molecule has 1 aromatic rings. The Bertz CT molecular complexity index is 838. The average molecular weight is 443 g/mol. The second-order valence-electron chi connectivity index (χ2n) is 12.6. The Labute approximate surface area is 186 Å². The van der Waals surface area contributed by atoms with Crippen molar-refractivity contribution in [3.63, 3.8) is 0 Å². The van der Waals surface area contributed by atoms with Crippen LogP contribution in [0.5, 0.6) is 0 Å². The van der Waals surface area contributed by atoms with Gasteiger partial charge in [-0.25, -0.2) is 0 Å². The van der Waals surface area contributed by atoms with Gasteiger partial charge in [0.05, 0.1) is 14.2 Å². The number of fused-ring (bicyclic) bond motifs is 1. The van der Waals surface area contributed by atoms with Crippen LogP contribution in [0, 0.1) is 5.92 Å². The highest BCUT2D eigenvalue weighted by Gasteiger charge is 2.57. The summed E-state index contributed by atoms with van der Waals surface area (Å²) < 4.78 is 7.23. The topological polar surface area (TPSA) is 26.3 Å². The summed E-state index contributed by atoms with van der Waals surface area (Å²) in [4.78, 5) is 13.2. The number of ketones is 1. The molecule has 0 radical (unpaired) electrons. The minimum atomic E-state index is -1.99. The molecule has 30 heavy (non-hydrogen) atoms. The van der Waals surface area contributed by atoms with Crippen molar-refractivity contribution in [1.82, 2.24) is 0 Å². The van der Waals surface area contributed by atoms with Crippen molar-refractivity contribution in [2.24, 2.45) is 5.92 Å². The van der Waals surface area contributed by atoms with Gasteiger partial charge in [0.15, 0.2) is 14.1 Å². The first-order chi connectivity index (χ1) is 13.6. The van der Waals surface area contributed by atoms with Crippen LogP contribution in [0.1, 0.15) is 59.9 Å². The maximum absolute atomic E-state index is 13.2. The third-order valence-electron chi connectivity index (χ3n) is 8.80. The lowest BCUT2D eigenvalue weighted by molar-refractivity contribution is -0.113. The molecule has 166 valence electrons. The number of benzene rings is 1. The Morgan fingerprint density at radius 1 is 0.900 bits per heavy atom. The van der Waals surface area contributed by atoms with Gasteiger partial charge in [-0.3, -0.25) is 4.79 Å². The molecule has 0 bridgehead atoms. The third kappa shape index (κ3) is 3.96. The van der Waals surface area contributed by atoms with Gasteiger partial charge in [0, 0.05) is 12.0 Å². The van der Waals surface area contributed by atoms with E-state index in [9.17, 15) is 4.79 Å². The molecule has 0 amide bonds. The second kappa shape index (κ2) is 7.56. The summed E-state index contributed by atoms with van der Waals surface area (Å²) in [6.45, 7) is 24.0. The number of allylic oxidation sites excluding steroid dienone is 1. The first-order valence-corrected chi connectivity index (χ1v) is 17.6. The molecule has 1 fully saturated rings. The van der Waals surface area contributed by atoms with Gasteiger partial charge in [-0.15, -0.1) is 0 Å².